The molecule has 0 atom stereocenters. The van der Waals surface area contributed by atoms with Crippen LogP contribution in [0.3, 0.4) is 0 Å². The van der Waals surface area contributed by atoms with Crippen LogP contribution in [0.15, 0.2) is 6.07 Å². The molecular weight excluding hydrogens is 198 g/mol. The van der Waals surface area contributed by atoms with Crippen LogP contribution in [0, 0.1) is 18.4 Å². The van der Waals surface area contributed by atoms with E-state index in [2.05, 4.69) is 4.98 Å². The maximum atomic E-state index is 11.5. The number of aromatic amines is 1. The Morgan fingerprint density at radius 1 is 1.57 bits per heavy atom. The third kappa shape index (κ3) is 2.20. The molecule has 0 amide bonds. The lowest BCUT2D eigenvalue weighted by Gasteiger charge is -2.06. The maximum Gasteiger partial charge on any atom is 0.341 e. The Morgan fingerprint density at radius 2 is 2.21 bits per heavy atom. The van der Waals surface area contributed by atoms with Crippen molar-refractivity contribution in [1.82, 2.24) is 4.98 Å². The minimum Gasteiger partial charge on any atom is -0.462 e. The highest BCUT2D eigenvalue weighted by atomic mass is 32.1. The van der Waals surface area contributed by atoms with E-state index < -0.39 is 0 Å². The standard InChI is InChI=1S/C10H13NO2S/c1-4-13-10(12)9-7(3)11-6(2)5-8(9)14/h5H,4H2,1-3H3,(H,11,14). The second-order valence-corrected chi connectivity index (χ2v) is 3.48. The number of carbonyl (C=O) groups is 1. The van der Waals surface area contributed by atoms with Crippen molar-refractivity contribution in [3.8, 4) is 0 Å². The quantitative estimate of drug-likeness (QED) is 0.603. The molecule has 0 aliphatic carbocycles. The number of H-pyrrole nitrogens is 1. The molecule has 1 heterocycles. The number of carbonyl (C=O) groups excluding carboxylic acids is 1. The summed E-state index contributed by atoms with van der Waals surface area (Å²) in [5, 5.41) is 0. The average molecular weight is 211 g/mol. The molecule has 76 valence electrons. The molecule has 0 unspecified atom stereocenters. The zero-order valence-electron chi connectivity index (χ0n) is 8.51. The summed E-state index contributed by atoms with van der Waals surface area (Å²) in [5.74, 6) is -0.355. The van der Waals surface area contributed by atoms with E-state index >= 15 is 0 Å². The summed E-state index contributed by atoms with van der Waals surface area (Å²) in [7, 11) is 0. The van der Waals surface area contributed by atoms with Gasteiger partial charge in [-0.2, -0.15) is 0 Å². The molecular formula is C10H13NO2S. The van der Waals surface area contributed by atoms with E-state index in [9.17, 15) is 4.79 Å². The van der Waals surface area contributed by atoms with Gasteiger partial charge in [0.2, 0.25) is 0 Å². The maximum absolute atomic E-state index is 11.5. The molecule has 1 rings (SSSR count). The Labute approximate surface area is 88.1 Å². The van der Waals surface area contributed by atoms with Crippen molar-refractivity contribution in [2.24, 2.45) is 0 Å². The van der Waals surface area contributed by atoms with Gasteiger partial charge < -0.3 is 9.72 Å². The van der Waals surface area contributed by atoms with Crippen LogP contribution in [0.5, 0.6) is 0 Å². The Balaban J connectivity index is 3.21. The fraction of sp³-hybridized carbons (Fsp3) is 0.400. The van der Waals surface area contributed by atoms with Gasteiger partial charge in [0, 0.05) is 11.4 Å². The van der Waals surface area contributed by atoms with Gasteiger partial charge in [0.15, 0.2) is 0 Å². The second-order valence-electron chi connectivity index (χ2n) is 3.04. The van der Waals surface area contributed by atoms with Crippen molar-refractivity contribution >= 4 is 18.2 Å². The summed E-state index contributed by atoms with van der Waals surface area (Å²) in [6.07, 6.45) is 0. The molecule has 1 aromatic heterocycles. The molecule has 0 aliphatic heterocycles. The molecule has 0 spiro atoms. The fourth-order valence-electron chi connectivity index (χ4n) is 1.30. The summed E-state index contributed by atoms with van der Waals surface area (Å²) in [4.78, 5) is 14.5. The minimum atomic E-state index is -0.355. The molecule has 0 saturated carbocycles. The Kier molecular flexibility index (Phi) is 3.41. The Bertz CT molecular complexity index is 409. The van der Waals surface area contributed by atoms with Gasteiger partial charge in [-0.3, -0.25) is 0 Å². The van der Waals surface area contributed by atoms with Crippen molar-refractivity contribution in [2.75, 3.05) is 6.61 Å². The van der Waals surface area contributed by atoms with Gasteiger partial charge >= 0.3 is 5.97 Å². The number of aromatic nitrogens is 1. The molecule has 0 aliphatic rings. The van der Waals surface area contributed by atoms with Crippen LogP contribution < -0.4 is 0 Å². The van der Waals surface area contributed by atoms with Crippen LogP contribution in [0.2, 0.25) is 0 Å². The Hall–Kier alpha value is -1.16. The number of nitrogens with one attached hydrogen (secondary N) is 1. The lowest BCUT2D eigenvalue weighted by molar-refractivity contribution is 0.0524. The van der Waals surface area contributed by atoms with E-state index in [-0.39, 0.29) is 5.97 Å². The lowest BCUT2D eigenvalue weighted by Crippen LogP contribution is -2.09. The molecule has 0 saturated heterocycles. The van der Waals surface area contributed by atoms with E-state index in [1.807, 2.05) is 13.8 Å². The molecule has 3 nitrogen and oxygen atoms in total. The highest BCUT2D eigenvalue weighted by Gasteiger charge is 2.12. The summed E-state index contributed by atoms with van der Waals surface area (Å²) in [6.45, 7) is 5.85. The van der Waals surface area contributed by atoms with Gasteiger partial charge in [-0.15, -0.1) is 0 Å². The van der Waals surface area contributed by atoms with E-state index in [0.717, 1.165) is 11.4 Å². The first kappa shape index (κ1) is 10.9. The van der Waals surface area contributed by atoms with Crippen molar-refractivity contribution < 1.29 is 9.53 Å². The number of pyridine rings is 1. The zero-order valence-corrected chi connectivity index (χ0v) is 9.33. The van der Waals surface area contributed by atoms with E-state index in [0.29, 0.717) is 16.7 Å². The normalized spacial score (nSPS) is 9.93. The third-order valence-corrected chi connectivity index (χ3v) is 2.16. The SMILES string of the molecule is CCOC(=O)c1c(C)[nH]c(C)cc1=S. The molecule has 0 radical (unpaired) electrons. The smallest absolute Gasteiger partial charge is 0.341 e. The highest BCUT2D eigenvalue weighted by Crippen LogP contribution is 2.11. The number of esters is 1. The first-order chi connectivity index (χ1) is 6.56. The van der Waals surface area contributed by atoms with Crippen LogP contribution in [0.1, 0.15) is 28.7 Å². The summed E-state index contributed by atoms with van der Waals surface area (Å²) >= 11 is 5.10. The second kappa shape index (κ2) is 4.37. The number of aryl methyl sites for hydroxylation is 2. The third-order valence-electron chi connectivity index (χ3n) is 1.83. The van der Waals surface area contributed by atoms with Gasteiger partial charge in [0.1, 0.15) is 0 Å². The number of ether oxygens (including phenoxy) is 1. The molecule has 1 aromatic rings. The van der Waals surface area contributed by atoms with Gasteiger partial charge in [-0.25, -0.2) is 4.79 Å². The highest BCUT2D eigenvalue weighted by molar-refractivity contribution is 7.71. The van der Waals surface area contributed by atoms with E-state index in [4.69, 9.17) is 17.0 Å². The predicted molar refractivity (Wildman–Crippen MR) is 57.1 cm³/mol. The fourth-order valence-corrected chi connectivity index (χ4v) is 1.72. The molecule has 14 heavy (non-hydrogen) atoms. The van der Waals surface area contributed by atoms with Crippen LogP contribution in [0.4, 0.5) is 0 Å². The van der Waals surface area contributed by atoms with Gasteiger partial charge in [-0.05, 0) is 26.8 Å². The van der Waals surface area contributed by atoms with Crippen molar-refractivity contribution in [3.05, 3.63) is 27.5 Å². The molecule has 1 N–H and O–H groups in total. The van der Waals surface area contributed by atoms with Gasteiger partial charge in [0.25, 0.3) is 0 Å². The van der Waals surface area contributed by atoms with Crippen molar-refractivity contribution in [2.45, 2.75) is 20.8 Å². The van der Waals surface area contributed by atoms with Gasteiger partial charge in [-0.1, -0.05) is 12.2 Å². The number of hydrogen-bond donors (Lipinski definition) is 1. The first-order valence-corrected chi connectivity index (χ1v) is 4.84. The molecule has 0 aromatic carbocycles. The first-order valence-electron chi connectivity index (χ1n) is 4.44. The summed E-state index contributed by atoms with van der Waals surface area (Å²) in [6, 6.07) is 1.76. The topological polar surface area (TPSA) is 42.1 Å². The van der Waals surface area contributed by atoms with Crippen LogP contribution in [0.25, 0.3) is 0 Å². The van der Waals surface area contributed by atoms with Crippen LogP contribution in [-0.2, 0) is 4.74 Å². The Morgan fingerprint density at radius 3 is 2.71 bits per heavy atom. The van der Waals surface area contributed by atoms with E-state index in [1.54, 1.807) is 13.0 Å². The van der Waals surface area contributed by atoms with Crippen molar-refractivity contribution in [1.29, 1.82) is 0 Å². The largest absolute Gasteiger partial charge is 0.462 e. The number of rotatable bonds is 2. The van der Waals surface area contributed by atoms with Gasteiger partial charge in [0.05, 0.1) is 16.7 Å². The lowest BCUT2D eigenvalue weighted by atomic mass is 10.2. The zero-order chi connectivity index (χ0) is 10.7. The van der Waals surface area contributed by atoms with Crippen LogP contribution in [-0.4, -0.2) is 17.6 Å². The summed E-state index contributed by atoms with van der Waals surface area (Å²) in [5.41, 5.74) is 2.17. The number of hydrogen-bond acceptors (Lipinski definition) is 3. The summed E-state index contributed by atoms with van der Waals surface area (Å²) < 4.78 is 5.44. The minimum absolute atomic E-state index is 0.355. The molecule has 4 heteroatoms. The van der Waals surface area contributed by atoms with Crippen molar-refractivity contribution in [3.63, 3.8) is 0 Å². The predicted octanol–water partition coefficient (Wildman–Crippen LogP) is 2.54. The van der Waals surface area contributed by atoms with Crippen LogP contribution >= 0.6 is 12.2 Å². The van der Waals surface area contributed by atoms with E-state index in [1.165, 1.54) is 0 Å². The molecule has 0 fully saturated rings. The average Bonchev–Trinajstić information content (AvgIpc) is 2.01. The monoisotopic (exact) mass is 211 g/mol. The molecule has 0 bridgehead atoms.